The molecule has 3 heterocycles. The first-order valence-electron chi connectivity index (χ1n) is 7.69. The Morgan fingerprint density at radius 2 is 2.19 bits per heavy atom. The van der Waals surface area contributed by atoms with E-state index in [9.17, 15) is 4.79 Å². The number of thiazole rings is 1. The summed E-state index contributed by atoms with van der Waals surface area (Å²) in [7, 11) is 0. The molecule has 3 rings (SSSR count). The topological polar surface area (TPSA) is 36.4 Å². The maximum Gasteiger partial charge on any atom is 0.222 e. The summed E-state index contributed by atoms with van der Waals surface area (Å²) in [6, 6.07) is 0. The molecule has 0 aromatic carbocycles. The van der Waals surface area contributed by atoms with Crippen LogP contribution in [0.15, 0.2) is 23.5 Å². The van der Waals surface area contributed by atoms with Crippen molar-refractivity contribution < 1.29 is 4.79 Å². The molecule has 5 heteroatoms. The Kier molecular flexibility index (Phi) is 4.40. The zero-order valence-electron chi connectivity index (χ0n) is 12.5. The molecule has 2 fully saturated rings. The highest BCUT2D eigenvalue weighted by molar-refractivity contribution is 7.07. The van der Waals surface area contributed by atoms with E-state index in [2.05, 4.69) is 21.8 Å². The van der Waals surface area contributed by atoms with Crippen molar-refractivity contribution in [2.75, 3.05) is 26.2 Å². The Bertz CT molecular complexity index is 492. The normalized spacial score (nSPS) is 22.7. The Hall–Kier alpha value is -1.20. The van der Waals surface area contributed by atoms with Gasteiger partial charge in [-0.25, -0.2) is 4.98 Å². The van der Waals surface area contributed by atoms with E-state index in [0.29, 0.717) is 24.3 Å². The van der Waals surface area contributed by atoms with E-state index in [4.69, 9.17) is 0 Å². The number of piperidine rings is 2. The zero-order valence-corrected chi connectivity index (χ0v) is 13.3. The summed E-state index contributed by atoms with van der Waals surface area (Å²) in [5.74, 6) is 0.297. The third-order valence-corrected chi connectivity index (χ3v) is 5.52. The minimum Gasteiger partial charge on any atom is -0.338 e. The number of aromatic nitrogens is 1. The molecule has 4 nitrogen and oxygen atoms in total. The van der Waals surface area contributed by atoms with Crippen LogP contribution in [0.3, 0.4) is 0 Å². The summed E-state index contributed by atoms with van der Waals surface area (Å²) in [5, 5.41) is 2.13. The van der Waals surface area contributed by atoms with Gasteiger partial charge in [0.05, 0.1) is 11.2 Å². The highest BCUT2D eigenvalue weighted by Gasteiger charge is 2.40. The summed E-state index contributed by atoms with van der Waals surface area (Å²) < 4.78 is 0. The fourth-order valence-corrected chi connectivity index (χ4v) is 4.11. The summed E-state index contributed by atoms with van der Waals surface area (Å²) in [6.45, 7) is 8.59. The molecule has 0 saturated carbocycles. The first-order valence-corrected chi connectivity index (χ1v) is 8.63. The molecule has 1 aromatic heterocycles. The number of hydrogen-bond acceptors (Lipinski definition) is 4. The van der Waals surface area contributed by atoms with Crippen molar-refractivity contribution in [3.8, 4) is 0 Å². The van der Waals surface area contributed by atoms with Crippen LogP contribution in [-0.4, -0.2) is 46.9 Å². The lowest BCUT2D eigenvalue weighted by atomic mass is 9.72. The molecule has 2 saturated heterocycles. The SMILES string of the molecule is C=CCN1CC2(CCC1=O)CCN(Cc1cscn1)CC2. The van der Waals surface area contributed by atoms with E-state index in [1.54, 1.807) is 11.3 Å². The Balaban J connectivity index is 1.56. The second kappa shape index (κ2) is 6.28. The van der Waals surface area contributed by atoms with Crippen LogP contribution in [0.25, 0.3) is 0 Å². The average molecular weight is 305 g/mol. The van der Waals surface area contributed by atoms with Crippen LogP contribution in [0.2, 0.25) is 0 Å². The van der Waals surface area contributed by atoms with E-state index in [1.807, 2.05) is 16.5 Å². The van der Waals surface area contributed by atoms with E-state index in [0.717, 1.165) is 32.6 Å². The molecular formula is C16H23N3OS. The molecule has 0 atom stereocenters. The Morgan fingerprint density at radius 3 is 2.86 bits per heavy atom. The molecule has 2 aliphatic heterocycles. The number of hydrogen-bond donors (Lipinski definition) is 0. The van der Waals surface area contributed by atoms with Crippen LogP contribution >= 0.6 is 11.3 Å². The lowest BCUT2D eigenvalue weighted by Crippen LogP contribution is -2.51. The summed E-state index contributed by atoms with van der Waals surface area (Å²) in [6.07, 6.45) is 5.99. The van der Waals surface area contributed by atoms with Gasteiger partial charge in [0, 0.05) is 31.4 Å². The second-order valence-corrected chi connectivity index (χ2v) is 7.04. The molecule has 1 aromatic rings. The predicted molar refractivity (Wildman–Crippen MR) is 85.1 cm³/mol. The van der Waals surface area contributed by atoms with Gasteiger partial charge in [0.15, 0.2) is 0 Å². The third-order valence-electron chi connectivity index (χ3n) is 4.88. The van der Waals surface area contributed by atoms with E-state index >= 15 is 0 Å². The maximum atomic E-state index is 11.9. The van der Waals surface area contributed by atoms with Crippen LogP contribution in [0, 0.1) is 5.41 Å². The van der Waals surface area contributed by atoms with Gasteiger partial charge in [-0.2, -0.15) is 0 Å². The van der Waals surface area contributed by atoms with Crippen molar-refractivity contribution in [3.63, 3.8) is 0 Å². The lowest BCUT2D eigenvalue weighted by molar-refractivity contribution is -0.138. The molecule has 1 spiro atoms. The quantitative estimate of drug-likeness (QED) is 0.802. The van der Waals surface area contributed by atoms with Crippen molar-refractivity contribution in [1.82, 2.24) is 14.8 Å². The van der Waals surface area contributed by atoms with E-state index in [1.165, 1.54) is 18.5 Å². The Morgan fingerprint density at radius 1 is 1.38 bits per heavy atom. The number of nitrogens with zero attached hydrogens (tertiary/aromatic N) is 3. The summed E-state index contributed by atoms with van der Waals surface area (Å²) in [4.78, 5) is 20.8. The summed E-state index contributed by atoms with van der Waals surface area (Å²) in [5.41, 5.74) is 3.43. The fourth-order valence-electron chi connectivity index (χ4n) is 3.56. The molecule has 1 amide bonds. The van der Waals surface area contributed by atoms with E-state index < -0.39 is 0 Å². The average Bonchev–Trinajstić information content (AvgIpc) is 2.99. The van der Waals surface area contributed by atoms with Gasteiger partial charge in [-0.15, -0.1) is 17.9 Å². The van der Waals surface area contributed by atoms with Gasteiger partial charge in [-0.1, -0.05) is 6.08 Å². The van der Waals surface area contributed by atoms with Gasteiger partial charge in [-0.05, 0) is 37.8 Å². The molecule has 21 heavy (non-hydrogen) atoms. The first-order chi connectivity index (χ1) is 10.2. The number of carbonyl (C=O) groups excluding carboxylic acids is 1. The molecule has 0 unspecified atom stereocenters. The zero-order chi connectivity index (χ0) is 14.7. The largest absolute Gasteiger partial charge is 0.338 e. The van der Waals surface area contributed by atoms with Crippen molar-refractivity contribution in [2.45, 2.75) is 32.2 Å². The van der Waals surface area contributed by atoms with Gasteiger partial charge in [0.2, 0.25) is 5.91 Å². The van der Waals surface area contributed by atoms with Crippen molar-refractivity contribution >= 4 is 17.2 Å². The van der Waals surface area contributed by atoms with Gasteiger partial charge in [-0.3, -0.25) is 9.69 Å². The molecule has 0 bridgehead atoms. The minimum absolute atomic E-state index is 0.297. The standard InChI is InChI=1S/C16H23N3OS/c1-2-7-19-12-16(4-3-15(19)20)5-8-18(9-6-16)10-14-11-21-13-17-14/h2,11,13H,1,3-10,12H2. The minimum atomic E-state index is 0.297. The lowest BCUT2D eigenvalue weighted by Gasteiger charge is -2.47. The first kappa shape index (κ1) is 14.7. The highest BCUT2D eigenvalue weighted by atomic mass is 32.1. The number of carbonyl (C=O) groups is 1. The van der Waals surface area contributed by atoms with Crippen LogP contribution in [0.4, 0.5) is 0 Å². The predicted octanol–water partition coefficient (Wildman–Crippen LogP) is 2.53. The third kappa shape index (κ3) is 3.35. The van der Waals surface area contributed by atoms with Crippen LogP contribution in [0.5, 0.6) is 0 Å². The molecule has 0 radical (unpaired) electrons. The molecular weight excluding hydrogens is 282 g/mol. The van der Waals surface area contributed by atoms with E-state index in [-0.39, 0.29) is 0 Å². The molecule has 0 N–H and O–H groups in total. The van der Waals surface area contributed by atoms with Crippen molar-refractivity contribution in [1.29, 1.82) is 0 Å². The number of amides is 1. The van der Waals surface area contributed by atoms with Crippen LogP contribution < -0.4 is 0 Å². The maximum absolute atomic E-state index is 11.9. The number of likely N-dealkylation sites (tertiary alicyclic amines) is 2. The fraction of sp³-hybridized carbons (Fsp3) is 0.625. The molecule has 2 aliphatic rings. The molecule has 114 valence electrons. The van der Waals surface area contributed by atoms with Gasteiger partial charge >= 0.3 is 0 Å². The van der Waals surface area contributed by atoms with Gasteiger partial charge < -0.3 is 4.90 Å². The van der Waals surface area contributed by atoms with Crippen molar-refractivity contribution in [2.24, 2.45) is 5.41 Å². The highest BCUT2D eigenvalue weighted by Crippen LogP contribution is 2.40. The van der Waals surface area contributed by atoms with Crippen LogP contribution in [0.1, 0.15) is 31.4 Å². The monoisotopic (exact) mass is 305 g/mol. The van der Waals surface area contributed by atoms with Crippen LogP contribution in [-0.2, 0) is 11.3 Å². The Labute approximate surface area is 130 Å². The smallest absolute Gasteiger partial charge is 0.222 e. The van der Waals surface area contributed by atoms with Crippen molar-refractivity contribution in [3.05, 3.63) is 29.2 Å². The van der Waals surface area contributed by atoms with Gasteiger partial charge in [0.25, 0.3) is 0 Å². The number of rotatable bonds is 4. The summed E-state index contributed by atoms with van der Waals surface area (Å²) >= 11 is 1.66. The molecule has 0 aliphatic carbocycles. The second-order valence-electron chi connectivity index (χ2n) is 6.32. The van der Waals surface area contributed by atoms with Gasteiger partial charge in [0.1, 0.15) is 0 Å².